The van der Waals surface area contributed by atoms with E-state index in [1.165, 1.54) is 0 Å². The van der Waals surface area contributed by atoms with Gasteiger partial charge in [-0.25, -0.2) is 0 Å². The van der Waals surface area contributed by atoms with E-state index in [0.29, 0.717) is 0 Å². The number of nitrogens with two attached hydrogens (primary N) is 1. The maximum absolute atomic E-state index is 11.5. The van der Waals surface area contributed by atoms with E-state index in [9.17, 15) is 4.79 Å². The Labute approximate surface area is 93.9 Å². The van der Waals surface area contributed by atoms with Crippen LogP contribution < -0.4 is 5.73 Å². The van der Waals surface area contributed by atoms with Crippen LogP contribution in [0.3, 0.4) is 0 Å². The highest BCUT2D eigenvalue weighted by Gasteiger charge is 2.22. The minimum Gasteiger partial charge on any atom is -0.402 e. The average Bonchev–Trinajstić information content (AvgIpc) is 2.18. The molecule has 0 bridgehead atoms. The number of ketones is 1. The number of hydrogen-bond acceptors (Lipinski definition) is 2. The lowest BCUT2D eigenvalue weighted by molar-refractivity contribution is -0.122. The van der Waals surface area contributed by atoms with Crippen LogP contribution in [0.15, 0.2) is 11.8 Å². The van der Waals surface area contributed by atoms with Gasteiger partial charge in [-0.1, -0.05) is 39.7 Å². The smallest absolute Gasteiger partial charge is 0.133 e. The minimum atomic E-state index is 0.104. The zero-order chi connectivity index (χ0) is 11.8. The molecule has 2 atom stereocenters. The third kappa shape index (κ3) is 5.01. The lowest BCUT2D eigenvalue weighted by atomic mass is 9.84. The second-order valence-electron chi connectivity index (χ2n) is 4.26. The van der Waals surface area contributed by atoms with Gasteiger partial charge in [-0.2, -0.15) is 0 Å². The van der Waals surface area contributed by atoms with Gasteiger partial charge in [0.1, 0.15) is 5.78 Å². The van der Waals surface area contributed by atoms with E-state index in [0.717, 1.165) is 31.4 Å². The third-order valence-electron chi connectivity index (χ3n) is 2.96. The number of carbonyl (C=O) groups is 1. The molecule has 0 aliphatic rings. The molecule has 15 heavy (non-hydrogen) atoms. The molecule has 0 fully saturated rings. The first-order chi connectivity index (χ1) is 7.04. The molecule has 88 valence electrons. The van der Waals surface area contributed by atoms with E-state index in [2.05, 4.69) is 20.8 Å². The summed E-state index contributed by atoms with van der Waals surface area (Å²) in [6, 6.07) is 0. The Bertz CT molecular complexity index is 221. The average molecular weight is 211 g/mol. The van der Waals surface area contributed by atoms with Crippen molar-refractivity contribution in [3.8, 4) is 0 Å². The molecule has 2 nitrogen and oxygen atoms in total. The molecule has 0 amide bonds. The minimum absolute atomic E-state index is 0.104. The zero-order valence-electron chi connectivity index (χ0n) is 10.5. The fourth-order valence-corrected chi connectivity index (χ4v) is 1.88. The van der Waals surface area contributed by atoms with Crippen LogP contribution in [0, 0.1) is 11.8 Å². The van der Waals surface area contributed by atoms with Crippen molar-refractivity contribution in [1.82, 2.24) is 0 Å². The molecule has 0 aromatic rings. The summed E-state index contributed by atoms with van der Waals surface area (Å²) in [4.78, 5) is 11.5. The van der Waals surface area contributed by atoms with Gasteiger partial charge in [-0.05, 0) is 19.8 Å². The van der Waals surface area contributed by atoms with Gasteiger partial charge in [0, 0.05) is 17.5 Å². The first-order valence-electron chi connectivity index (χ1n) is 6.00. The van der Waals surface area contributed by atoms with Crippen LogP contribution in [-0.4, -0.2) is 5.78 Å². The third-order valence-corrected chi connectivity index (χ3v) is 2.96. The number of carbonyl (C=O) groups excluding carboxylic acids is 1. The van der Waals surface area contributed by atoms with Crippen LogP contribution in [0.1, 0.15) is 53.4 Å². The molecule has 0 aromatic heterocycles. The number of hydrogen-bond donors (Lipinski definition) is 1. The number of unbranched alkanes of at least 4 members (excludes halogenated alkanes) is 1. The van der Waals surface area contributed by atoms with E-state index in [1.54, 1.807) is 6.92 Å². The molecule has 2 unspecified atom stereocenters. The molecule has 0 saturated heterocycles. The molecular weight excluding hydrogens is 186 g/mol. The van der Waals surface area contributed by atoms with Crippen molar-refractivity contribution < 1.29 is 4.79 Å². The lowest BCUT2D eigenvalue weighted by Gasteiger charge is -2.22. The van der Waals surface area contributed by atoms with Crippen LogP contribution in [-0.2, 0) is 4.79 Å². The summed E-state index contributed by atoms with van der Waals surface area (Å²) < 4.78 is 0. The molecule has 2 heteroatoms. The molecule has 0 aliphatic carbocycles. The van der Waals surface area contributed by atoms with Crippen molar-refractivity contribution in [2.45, 2.75) is 53.4 Å². The predicted molar refractivity (Wildman–Crippen MR) is 65.4 cm³/mol. The van der Waals surface area contributed by atoms with Crippen molar-refractivity contribution >= 4 is 5.78 Å². The first kappa shape index (κ1) is 14.2. The van der Waals surface area contributed by atoms with Gasteiger partial charge in [0.15, 0.2) is 0 Å². The molecular formula is C13H25NO. The Morgan fingerprint density at radius 3 is 2.40 bits per heavy atom. The molecule has 2 N–H and O–H groups in total. The van der Waals surface area contributed by atoms with Crippen molar-refractivity contribution in [3.63, 3.8) is 0 Å². The summed E-state index contributed by atoms with van der Waals surface area (Å²) in [6.45, 7) is 7.95. The van der Waals surface area contributed by atoms with Crippen molar-refractivity contribution in [2.75, 3.05) is 0 Å². The molecule has 0 spiro atoms. The molecule has 0 heterocycles. The standard InChI is InChI=1S/C13H25NO/c1-5-7-9-12(11(4)15)10(3)13(14)8-6-2/h8,10,12H,5-7,9,14H2,1-4H3/b13-8-. The maximum atomic E-state index is 11.5. The fraction of sp³-hybridized carbons (Fsp3) is 0.769. The van der Waals surface area contributed by atoms with Crippen LogP contribution >= 0.6 is 0 Å². The van der Waals surface area contributed by atoms with E-state index < -0.39 is 0 Å². The predicted octanol–water partition coefficient (Wildman–Crippen LogP) is 3.27. The van der Waals surface area contributed by atoms with Gasteiger partial charge in [-0.3, -0.25) is 4.79 Å². The van der Waals surface area contributed by atoms with Crippen LogP contribution in [0.5, 0.6) is 0 Å². The Morgan fingerprint density at radius 1 is 1.40 bits per heavy atom. The summed E-state index contributed by atoms with van der Waals surface area (Å²) in [5.74, 6) is 0.560. The molecule has 0 aromatic carbocycles. The molecule has 0 saturated carbocycles. The van der Waals surface area contributed by atoms with Gasteiger partial charge in [-0.15, -0.1) is 0 Å². The highest BCUT2D eigenvalue weighted by Crippen LogP contribution is 2.23. The second-order valence-corrected chi connectivity index (χ2v) is 4.26. The second kappa shape index (κ2) is 7.49. The summed E-state index contributed by atoms with van der Waals surface area (Å²) in [7, 11) is 0. The quantitative estimate of drug-likeness (QED) is 0.702. The number of rotatable bonds is 7. The monoisotopic (exact) mass is 211 g/mol. The number of allylic oxidation sites excluding steroid dienone is 2. The van der Waals surface area contributed by atoms with E-state index in [-0.39, 0.29) is 17.6 Å². The SMILES string of the molecule is CC/C=C(\N)C(C)C(CCCC)C(C)=O. The first-order valence-corrected chi connectivity index (χ1v) is 6.00. The van der Waals surface area contributed by atoms with Gasteiger partial charge in [0.25, 0.3) is 0 Å². The van der Waals surface area contributed by atoms with Gasteiger partial charge in [0.2, 0.25) is 0 Å². The maximum Gasteiger partial charge on any atom is 0.133 e. The van der Waals surface area contributed by atoms with Gasteiger partial charge >= 0.3 is 0 Å². The van der Waals surface area contributed by atoms with Crippen molar-refractivity contribution in [2.24, 2.45) is 17.6 Å². The van der Waals surface area contributed by atoms with Crippen LogP contribution in [0.25, 0.3) is 0 Å². The van der Waals surface area contributed by atoms with Crippen LogP contribution in [0.4, 0.5) is 0 Å². The van der Waals surface area contributed by atoms with E-state index in [4.69, 9.17) is 5.73 Å². The van der Waals surface area contributed by atoms with E-state index in [1.807, 2.05) is 6.08 Å². The summed E-state index contributed by atoms with van der Waals surface area (Å²) >= 11 is 0. The summed E-state index contributed by atoms with van der Waals surface area (Å²) in [6.07, 6.45) is 6.16. The zero-order valence-corrected chi connectivity index (χ0v) is 10.5. The molecule has 0 aliphatic heterocycles. The Balaban J connectivity index is 4.47. The molecule has 0 rings (SSSR count). The summed E-state index contributed by atoms with van der Waals surface area (Å²) in [5.41, 5.74) is 6.82. The topological polar surface area (TPSA) is 43.1 Å². The highest BCUT2D eigenvalue weighted by atomic mass is 16.1. The Hall–Kier alpha value is -0.790. The van der Waals surface area contributed by atoms with Crippen molar-refractivity contribution in [3.05, 3.63) is 11.8 Å². The van der Waals surface area contributed by atoms with Gasteiger partial charge < -0.3 is 5.73 Å². The number of Topliss-reactive ketones (excluding diaryl/α,β-unsaturated/α-hetero) is 1. The Morgan fingerprint density at radius 2 is 2.00 bits per heavy atom. The largest absolute Gasteiger partial charge is 0.402 e. The van der Waals surface area contributed by atoms with Gasteiger partial charge in [0.05, 0.1) is 0 Å². The van der Waals surface area contributed by atoms with Crippen molar-refractivity contribution in [1.29, 1.82) is 0 Å². The highest BCUT2D eigenvalue weighted by molar-refractivity contribution is 5.78. The lowest BCUT2D eigenvalue weighted by Crippen LogP contribution is -2.24. The fourth-order valence-electron chi connectivity index (χ4n) is 1.88. The Kier molecular flexibility index (Phi) is 7.10. The molecule has 0 radical (unpaired) electrons. The van der Waals surface area contributed by atoms with E-state index >= 15 is 0 Å². The normalized spacial score (nSPS) is 16.1. The summed E-state index contributed by atoms with van der Waals surface area (Å²) in [5, 5.41) is 0. The van der Waals surface area contributed by atoms with Crippen LogP contribution in [0.2, 0.25) is 0 Å².